The molecule has 0 aromatic rings. The van der Waals surface area contributed by atoms with Crippen molar-refractivity contribution in [3.63, 3.8) is 0 Å². The van der Waals surface area contributed by atoms with Gasteiger partial charge in [-0.25, -0.2) is 4.79 Å². The third kappa shape index (κ3) is 5.36. The third-order valence-electron chi connectivity index (χ3n) is 13.1. The van der Waals surface area contributed by atoms with Crippen molar-refractivity contribution < 1.29 is 43.9 Å². The average Bonchev–Trinajstić information content (AvgIpc) is 3.49. The predicted molar refractivity (Wildman–Crippen MR) is 163 cm³/mol. The molecule has 4 aliphatic carbocycles. The summed E-state index contributed by atoms with van der Waals surface area (Å²) in [5.41, 5.74) is -0.568. The van der Waals surface area contributed by atoms with Crippen molar-refractivity contribution in [1.29, 1.82) is 0 Å². The molecular weight excluding hydrogens is 564 g/mol. The Morgan fingerprint density at radius 1 is 1.07 bits per heavy atom. The average molecular weight is 621 g/mol. The minimum atomic E-state index is -0.996. The maximum Gasteiger partial charge on any atom is 0.331 e. The van der Waals surface area contributed by atoms with Crippen LogP contribution in [0, 0.1) is 40.4 Å². The summed E-state index contributed by atoms with van der Waals surface area (Å²) in [6.07, 6.45) is 6.08. The van der Waals surface area contributed by atoms with E-state index in [1.165, 1.54) is 14.0 Å². The van der Waals surface area contributed by atoms with Crippen LogP contribution in [0.1, 0.15) is 99.3 Å². The van der Waals surface area contributed by atoms with Gasteiger partial charge in [0.25, 0.3) is 0 Å². The molecule has 6 rings (SSSR count). The number of carbonyl (C=O) groups excluding carboxylic acids is 2. The first-order valence-electron chi connectivity index (χ1n) is 17.1. The van der Waals surface area contributed by atoms with Gasteiger partial charge in [0.2, 0.25) is 0 Å². The Morgan fingerprint density at radius 2 is 1.80 bits per heavy atom. The standard InChI is InChI=1S/C33H50O9.C2H6/c1-17-28(36)30(39-5)29(37)24(41-17)13-19-8-10-31(3)21(12-19)6-7-23-22(31)9-11-32(4)27(20-14-26(35)40-16-20)25(42-18(2)34)15-33(23,32)38;1-2/h14,17,19,21-25,27-30,36-38H,6-13,15-16H2,1-5H3;1-2H3/t17-,19-,21+,22-,23+,24-,25-,27-,28-,29-,30+,31-,32+,33-;/m0./s1. The molecule has 0 aromatic carbocycles. The number of methoxy groups -OCH3 is 1. The van der Waals surface area contributed by atoms with Crippen LogP contribution in [0.25, 0.3) is 0 Å². The van der Waals surface area contributed by atoms with Gasteiger partial charge in [0.15, 0.2) is 0 Å². The molecule has 0 unspecified atom stereocenters. The molecule has 14 atom stereocenters. The van der Waals surface area contributed by atoms with Crippen molar-refractivity contribution in [2.75, 3.05) is 13.7 Å². The summed E-state index contributed by atoms with van der Waals surface area (Å²) in [5.74, 6) is 0.457. The molecule has 0 amide bonds. The highest BCUT2D eigenvalue weighted by atomic mass is 16.6. The molecule has 5 fully saturated rings. The molecule has 9 heteroatoms. The molecule has 6 aliphatic rings. The Morgan fingerprint density at radius 3 is 2.43 bits per heavy atom. The lowest BCUT2D eigenvalue weighted by Crippen LogP contribution is -2.62. The van der Waals surface area contributed by atoms with Gasteiger partial charge >= 0.3 is 11.9 Å². The molecule has 3 N–H and O–H groups in total. The zero-order chi connectivity index (χ0) is 32.2. The van der Waals surface area contributed by atoms with E-state index < -0.39 is 35.4 Å². The molecule has 0 bridgehead atoms. The zero-order valence-corrected chi connectivity index (χ0v) is 27.8. The second-order valence-corrected chi connectivity index (χ2v) is 15.0. The van der Waals surface area contributed by atoms with E-state index in [-0.39, 0.29) is 48.0 Å². The number of aliphatic hydroxyl groups is 3. The lowest BCUT2D eigenvalue weighted by molar-refractivity contribution is -0.231. The van der Waals surface area contributed by atoms with E-state index in [0.29, 0.717) is 24.2 Å². The van der Waals surface area contributed by atoms with Crippen molar-refractivity contribution in [3.05, 3.63) is 11.6 Å². The summed E-state index contributed by atoms with van der Waals surface area (Å²) in [6.45, 7) is 12.0. The number of cyclic esters (lactones) is 1. The van der Waals surface area contributed by atoms with Crippen molar-refractivity contribution in [1.82, 2.24) is 0 Å². The number of ether oxygens (including phenoxy) is 4. The van der Waals surface area contributed by atoms with E-state index in [1.807, 2.05) is 20.8 Å². The van der Waals surface area contributed by atoms with Gasteiger partial charge < -0.3 is 34.3 Å². The number of carbonyl (C=O) groups is 2. The summed E-state index contributed by atoms with van der Waals surface area (Å²) in [6, 6.07) is 0. The van der Waals surface area contributed by atoms with Crippen LogP contribution in [0.4, 0.5) is 0 Å². The second kappa shape index (κ2) is 12.6. The van der Waals surface area contributed by atoms with Crippen LogP contribution in [-0.2, 0) is 28.5 Å². The topological polar surface area (TPSA) is 132 Å². The minimum absolute atomic E-state index is 0.0990. The Hall–Kier alpha value is -1.52. The van der Waals surface area contributed by atoms with E-state index in [4.69, 9.17) is 18.9 Å². The summed E-state index contributed by atoms with van der Waals surface area (Å²) >= 11 is 0. The van der Waals surface area contributed by atoms with Crippen LogP contribution in [0.5, 0.6) is 0 Å². The van der Waals surface area contributed by atoms with Crippen molar-refractivity contribution in [3.8, 4) is 0 Å². The van der Waals surface area contributed by atoms with Gasteiger partial charge in [-0.2, -0.15) is 0 Å². The summed E-state index contributed by atoms with van der Waals surface area (Å²) in [7, 11) is 1.53. The number of esters is 2. The number of hydrogen-bond acceptors (Lipinski definition) is 9. The molecule has 0 radical (unpaired) electrons. The second-order valence-electron chi connectivity index (χ2n) is 15.0. The van der Waals surface area contributed by atoms with Crippen LogP contribution in [-0.4, -0.2) is 83.2 Å². The molecule has 9 nitrogen and oxygen atoms in total. The fraction of sp³-hybridized carbons (Fsp3) is 0.886. The fourth-order valence-electron chi connectivity index (χ4n) is 11.0. The first kappa shape index (κ1) is 33.8. The van der Waals surface area contributed by atoms with Crippen LogP contribution in [0.2, 0.25) is 0 Å². The highest BCUT2D eigenvalue weighted by Crippen LogP contribution is 2.70. The number of aliphatic hydroxyl groups excluding tert-OH is 2. The van der Waals surface area contributed by atoms with E-state index in [9.17, 15) is 24.9 Å². The third-order valence-corrected chi connectivity index (χ3v) is 13.1. The predicted octanol–water partition coefficient (Wildman–Crippen LogP) is 4.34. The minimum Gasteiger partial charge on any atom is -0.462 e. The molecular formula is C35H56O9. The highest BCUT2D eigenvalue weighted by molar-refractivity contribution is 5.85. The molecule has 0 spiro atoms. The lowest BCUT2D eigenvalue weighted by atomic mass is 9.42. The summed E-state index contributed by atoms with van der Waals surface area (Å²) in [5, 5.41) is 34.0. The maximum absolute atomic E-state index is 12.7. The lowest BCUT2D eigenvalue weighted by Gasteiger charge is -2.63. The van der Waals surface area contributed by atoms with Crippen LogP contribution in [0.15, 0.2) is 11.6 Å². The molecule has 1 saturated heterocycles. The van der Waals surface area contributed by atoms with Gasteiger partial charge in [0.1, 0.15) is 31.0 Å². The number of hydrogen-bond donors (Lipinski definition) is 3. The fourth-order valence-corrected chi connectivity index (χ4v) is 11.0. The van der Waals surface area contributed by atoms with Gasteiger partial charge in [-0.05, 0) is 93.0 Å². The van der Waals surface area contributed by atoms with E-state index in [0.717, 1.165) is 56.9 Å². The van der Waals surface area contributed by atoms with Crippen molar-refractivity contribution in [2.24, 2.45) is 40.4 Å². The largest absolute Gasteiger partial charge is 0.462 e. The highest BCUT2D eigenvalue weighted by Gasteiger charge is 2.71. The SMILES string of the molecule is CC.CO[C@@H]1[C@@H](O)[C@H](C)O[C@@H](C[C@H]2CC[C@@]3(C)[C@H](CC[C@@H]4[C@@H]3CC[C@]3(C)[C@@H](C5=CC(=O)OC5)[C@@H](OC(C)=O)C[C@]43O)C2)[C@@H]1O. The van der Waals surface area contributed by atoms with Gasteiger partial charge in [0, 0.05) is 37.9 Å². The van der Waals surface area contributed by atoms with Gasteiger partial charge in [-0.3, -0.25) is 4.79 Å². The van der Waals surface area contributed by atoms with Gasteiger partial charge in [0.05, 0.1) is 17.8 Å². The van der Waals surface area contributed by atoms with Gasteiger partial charge in [-0.1, -0.05) is 27.7 Å². The summed E-state index contributed by atoms with van der Waals surface area (Å²) in [4.78, 5) is 24.2. The quantitative estimate of drug-likeness (QED) is 0.384. The molecule has 0 aromatic heterocycles. The van der Waals surface area contributed by atoms with E-state index in [2.05, 4.69) is 13.8 Å². The maximum atomic E-state index is 12.7. The van der Waals surface area contributed by atoms with Crippen molar-refractivity contribution >= 4 is 11.9 Å². The van der Waals surface area contributed by atoms with E-state index in [1.54, 1.807) is 6.08 Å². The number of rotatable bonds is 5. The molecule has 44 heavy (non-hydrogen) atoms. The molecule has 2 heterocycles. The Balaban J connectivity index is 0.00000188. The molecule has 250 valence electrons. The number of fused-ring (bicyclic) bond motifs is 5. The summed E-state index contributed by atoms with van der Waals surface area (Å²) < 4.78 is 22.7. The monoisotopic (exact) mass is 620 g/mol. The zero-order valence-electron chi connectivity index (χ0n) is 27.8. The van der Waals surface area contributed by atoms with Crippen LogP contribution >= 0.6 is 0 Å². The Kier molecular flexibility index (Phi) is 9.68. The van der Waals surface area contributed by atoms with Crippen LogP contribution < -0.4 is 0 Å². The molecule has 2 aliphatic heterocycles. The van der Waals surface area contributed by atoms with Crippen molar-refractivity contribution in [2.45, 2.75) is 142 Å². The van der Waals surface area contributed by atoms with Crippen LogP contribution in [0.3, 0.4) is 0 Å². The smallest absolute Gasteiger partial charge is 0.331 e. The first-order chi connectivity index (χ1) is 20.8. The van der Waals surface area contributed by atoms with Gasteiger partial charge in [-0.15, -0.1) is 0 Å². The van der Waals surface area contributed by atoms with E-state index >= 15 is 0 Å². The Labute approximate surface area is 263 Å². The normalized spacial score (nSPS) is 49.8. The Bertz CT molecular complexity index is 1110. The molecule has 4 saturated carbocycles. The first-order valence-corrected chi connectivity index (χ1v) is 17.1.